The first-order valence-electron chi connectivity index (χ1n) is 10.1. The smallest absolute Gasteiger partial charge is 0.337 e. The number of esters is 1. The molecule has 0 N–H and O–H groups in total. The summed E-state index contributed by atoms with van der Waals surface area (Å²) in [5, 5.41) is 0. The van der Waals surface area contributed by atoms with Crippen molar-refractivity contribution in [2.24, 2.45) is 10.9 Å². The minimum Gasteiger partial charge on any atom is -0.465 e. The Balaban J connectivity index is 1.67. The minimum absolute atomic E-state index is 0.0974. The summed E-state index contributed by atoms with van der Waals surface area (Å²) < 4.78 is 7.59. The summed E-state index contributed by atoms with van der Waals surface area (Å²) in [6, 6.07) is 5.31. The largest absolute Gasteiger partial charge is 0.465 e. The second-order valence-corrected chi connectivity index (χ2v) is 9.38. The van der Waals surface area contributed by atoms with Crippen molar-refractivity contribution in [3.05, 3.63) is 28.6 Å². The number of hydrogen-bond donors (Lipinski definition) is 0. The van der Waals surface area contributed by atoms with E-state index in [0.717, 1.165) is 29.7 Å². The number of piperidine rings is 1. The first-order chi connectivity index (χ1) is 14.4. The van der Waals surface area contributed by atoms with Crippen LogP contribution in [-0.4, -0.2) is 59.0 Å². The average Bonchev–Trinajstić information content (AvgIpc) is 3.08. The molecule has 2 heterocycles. The molecule has 0 aliphatic carbocycles. The van der Waals surface area contributed by atoms with Crippen LogP contribution in [0.25, 0.3) is 10.2 Å². The molecule has 3 rings (SSSR count). The van der Waals surface area contributed by atoms with Crippen molar-refractivity contribution in [3.8, 4) is 0 Å². The molecule has 1 aromatic heterocycles. The Labute approximate surface area is 184 Å². The molecule has 1 atom stereocenters. The van der Waals surface area contributed by atoms with Crippen LogP contribution in [-0.2, 0) is 20.9 Å². The highest BCUT2D eigenvalue weighted by molar-refractivity contribution is 8.00. The molecule has 2 aromatic rings. The molecule has 0 spiro atoms. The van der Waals surface area contributed by atoms with Gasteiger partial charge in [-0.25, -0.2) is 4.79 Å². The molecule has 1 fully saturated rings. The fourth-order valence-corrected chi connectivity index (χ4v) is 5.43. The third-order valence-electron chi connectivity index (χ3n) is 5.10. The summed E-state index contributed by atoms with van der Waals surface area (Å²) in [6.45, 7) is 6.42. The van der Waals surface area contributed by atoms with Gasteiger partial charge in [0.05, 0.1) is 34.4 Å². The number of likely N-dealkylation sites (tertiary alicyclic amines) is 1. The van der Waals surface area contributed by atoms with Gasteiger partial charge < -0.3 is 14.2 Å². The number of amides is 2. The van der Waals surface area contributed by atoms with E-state index in [1.165, 1.54) is 36.6 Å². The second kappa shape index (κ2) is 10.3. The van der Waals surface area contributed by atoms with Crippen LogP contribution >= 0.6 is 23.1 Å². The molecular formula is C21H27N3O4S2. The Morgan fingerprint density at radius 3 is 2.80 bits per heavy atom. The molecule has 2 amide bonds. The summed E-state index contributed by atoms with van der Waals surface area (Å²) >= 11 is 2.68. The van der Waals surface area contributed by atoms with Gasteiger partial charge in [-0.05, 0) is 43.9 Å². The van der Waals surface area contributed by atoms with E-state index in [1.54, 1.807) is 12.1 Å². The number of aromatic nitrogens is 1. The van der Waals surface area contributed by atoms with Crippen LogP contribution in [0.5, 0.6) is 0 Å². The zero-order valence-corrected chi connectivity index (χ0v) is 19.2. The molecule has 7 nitrogen and oxygen atoms in total. The maximum Gasteiger partial charge on any atom is 0.337 e. The summed E-state index contributed by atoms with van der Waals surface area (Å²) in [5.74, 6) is 0.451. The lowest BCUT2D eigenvalue weighted by Crippen LogP contribution is -2.40. The summed E-state index contributed by atoms with van der Waals surface area (Å²) in [7, 11) is 1.35. The molecule has 0 radical (unpaired) electrons. The summed E-state index contributed by atoms with van der Waals surface area (Å²) in [6.07, 6.45) is 2.22. The molecule has 1 unspecified atom stereocenters. The van der Waals surface area contributed by atoms with E-state index in [1.807, 2.05) is 22.5 Å². The van der Waals surface area contributed by atoms with Crippen LogP contribution in [0.15, 0.2) is 23.2 Å². The van der Waals surface area contributed by atoms with Crippen LogP contribution < -0.4 is 4.80 Å². The Hall–Kier alpha value is -2.13. The number of benzene rings is 1. The van der Waals surface area contributed by atoms with Crippen LogP contribution in [0.1, 0.15) is 37.0 Å². The number of hydrogen-bond acceptors (Lipinski definition) is 6. The summed E-state index contributed by atoms with van der Waals surface area (Å²) in [5.41, 5.74) is 1.39. The molecule has 9 heteroatoms. The highest BCUT2D eigenvalue weighted by atomic mass is 32.2. The van der Waals surface area contributed by atoms with E-state index in [2.05, 4.69) is 11.9 Å². The lowest BCUT2D eigenvalue weighted by atomic mass is 10.0. The highest BCUT2D eigenvalue weighted by Crippen LogP contribution is 2.20. The van der Waals surface area contributed by atoms with Gasteiger partial charge in [0.25, 0.3) is 5.91 Å². The highest BCUT2D eigenvalue weighted by Gasteiger charge is 2.21. The molecule has 1 aliphatic heterocycles. The quantitative estimate of drug-likeness (QED) is 0.634. The molecular weight excluding hydrogens is 422 g/mol. The number of carbonyl (C=O) groups is 3. The minimum atomic E-state index is -0.396. The lowest BCUT2D eigenvalue weighted by Gasteiger charge is -2.30. The van der Waals surface area contributed by atoms with E-state index in [9.17, 15) is 14.4 Å². The fourth-order valence-electron chi connectivity index (χ4n) is 3.58. The van der Waals surface area contributed by atoms with E-state index >= 15 is 0 Å². The number of nitrogens with zero attached hydrogens (tertiary/aromatic N) is 3. The normalized spacial score (nSPS) is 17.4. The predicted molar refractivity (Wildman–Crippen MR) is 120 cm³/mol. The zero-order valence-electron chi connectivity index (χ0n) is 17.6. The van der Waals surface area contributed by atoms with Crippen molar-refractivity contribution in [2.45, 2.75) is 33.2 Å². The first kappa shape index (κ1) is 22.6. The third-order valence-corrected chi connectivity index (χ3v) is 7.04. The van der Waals surface area contributed by atoms with Gasteiger partial charge in [-0.1, -0.05) is 18.3 Å². The maximum atomic E-state index is 12.4. The van der Waals surface area contributed by atoms with Gasteiger partial charge in [0, 0.05) is 19.6 Å². The van der Waals surface area contributed by atoms with Gasteiger partial charge in [-0.2, -0.15) is 4.99 Å². The van der Waals surface area contributed by atoms with Crippen molar-refractivity contribution < 1.29 is 19.1 Å². The topological polar surface area (TPSA) is 81.0 Å². The van der Waals surface area contributed by atoms with Crippen molar-refractivity contribution in [1.82, 2.24) is 9.47 Å². The molecule has 30 heavy (non-hydrogen) atoms. The number of carbonyl (C=O) groups excluding carboxylic acids is 3. The van der Waals surface area contributed by atoms with E-state index < -0.39 is 5.97 Å². The van der Waals surface area contributed by atoms with E-state index in [0.29, 0.717) is 28.6 Å². The number of thiazole rings is 1. The van der Waals surface area contributed by atoms with Crippen molar-refractivity contribution >= 4 is 51.1 Å². The van der Waals surface area contributed by atoms with Crippen LogP contribution in [0.4, 0.5) is 0 Å². The van der Waals surface area contributed by atoms with Crippen molar-refractivity contribution in [3.63, 3.8) is 0 Å². The average molecular weight is 450 g/mol. The second-order valence-electron chi connectivity index (χ2n) is 7.39. The molecule has 0 bridgehead atoms. The Bertz CT molecular complexity index is 1010. The number of aryl methyl sites for hydroxylation is 1. The van der Waals surface area contributed by atoms with Crippen molar-refractivity contribution in [1.29, 1.82) is 0 Å². The van der Waals surface area contributed by atoms with Gasteiger partial charge >= 0.3 is 5.97 Å². The lowest BCUT2D eigenvalue weighted by molar-refractivity contribution is -0.130. The molecule has 1 aliphatic rings. The van der Waals surface area contributed by atoms with Gasteiger partial charge in [0.2, 0.25) is 5.91 Å². The van der Waals surface area contributed by atoms with Gasteiger partial charge in [-0.3, -0.25) is 9.59 Å². The number of ether oxygens (including phenoxy) is 1. The van der Waals surface area contributed by atoms with E-state index in [4.69, 9.17) is 4.74 Å². The molecule has 1 saturated heterocycles. The van der Waals surface area contributed by atoms with Gasteiger partial charge in [0.15, 0.2) is 4.80 Å². The van der Waals surface area contributed by atoms with Crippen molar-refractivity contribution in [2.75, 3.05) is 31.7 Å². The standard InChI is InChI=1S/C21H27N3O4S2/c1-4-24-16-8-7-15(20(27)28-3)10-17(16)30-21(24)22-18(25)12-29-13-19(26)23-9-5-6-14(2)11-23/h7-8,10,14H,4-6,9,11-13H2,1-3H3. The Morgan fingerprint density at radius 1 is 1.30 bits per heavy atom. The first-order valence-corrected chi connectivity index (χ1v) is 12.0. The van der Waals surface area contributed by atoms with Gasteiger partial charge in [0.1, 0.15) is 0 Å². The third kappa shape index (κ3) is 5.31. The van der Waals surface area contributed by atoms with Crippen LogP contribution in [0, 0.1) is 5.92 Å². The van der Waals surface area contributed by atoms with Gasteiger partial charge in [-0.15, -0.1) is 11.8 Å². The number of methoxy groups -OCH3 is 1. The monoisotopic (exact) mass is 449 g/mol. The SMILES string of the molecule is CCn1c(=NC(=O)CSCC(=O)N2CCCC(C)C2)sc2cc(C(=O)OC)ccc21. The maximum absolute atomic E-state index is 12.4. The predicted octanol–water partition coefficient (Wildman–Crippen LogP) is 2.93. The van der Waals surface area contributed by atoms with Crippen LogP contribution in [0.3, 0.4) is 0 Å². The van der Waals surface area contributed by atoms with Crippen LogP contribution in [0.2, 0.25) is 0 Å². The Kier molecular flexibility index (Phi) is 7.71. The fraction of sp³-hybridized carbons (Fsp3) is 0.524. The number of rotatable bonds is 6. The summed E-state index contributed by atoms with van der Waals surface area (Å²) in [4.78, 5) is 43.3. The zero-order chi connectivity index (χ0) is 21.7. The number of thioether (sulfide) groups is 1. The Morgan fingerprint density at radius 2 is 2.10 bits per heavy atom. The number of fused-ring (bicyclic) bond motifs is 1. The van der Waals surface area contributed by atoms with E-state index in [-0.39, 0.29) is 17.6 Å². The molecule has 162 valence electrons. The molecule has 0 saturated carbocycles. The molecule has 1 aromatic carbocycles.